The SMILES string of the molecule is CC(C)(C)[Si](O[C@H]1CCC[C@H]1N=C=S)(c1ccccc1)c1ccccc1. The van der Waals surface area contributed by atoms with Gasteiger partial charge in [-0.05, 0) is 46.9 Å². The molecular weight excluding hydrogens is 354 g/mol. The van der Waals surface area contributed by atoms with Gasteiger partial charge in [-0.1, -0.05) is 81.4 Å². The molecule has 3 rings (SSSR count). The van der Waals surface area contributed by atoms with Gasteiger partial charge in [-0.2, -0.15) is 0 Å². The summed E-state index contributed by atoms with van der Waals surface area (Å²) >= 11 is 4.88. The van der Waals surface area contributed by atoms with Crippen molar-refractivity contribution in [2.24, 2.45) is 4.99 Å². The molecule has 2 nitrogen and oxygen atoms in total. The highest BCUT2D eigenvalue weighted by atomic mass is 32.1. The minimum Gasteiger partial charge on any atom is -0.402 e. The molecule has 0 heterocycles. The van der Waals surface area contributed by atoms with Crippen molar-refractivity contribution in [1.82, 2.24) is 0 Å². The molecule has 1 saturated carbocycles. The van der Waals surface area contributed by atoms with Gasteiger partial charge in [0, 0.05) is 0 Å². The molecule has 0 radical (unpaired) electrons. The molecule has 0 aliphatic heterocycles. The first-order valence-electron chi connectivity index (χ1n) is 9.35. The van der Waals surface area contributed by atoms with Gasteiger partial charge in [0.25, 0.3) is 8.32 Å². The van der Waals surface area contributed by atoms with Crippen molar-refractivity contribution in [3.05, 3.63) is 60.7 Å². The summed E-state index contributed by atoms with van der Waals surface area (Å²) in [5.74, 6) is 0. The molecule has 0 spiro atoms. The van der Waals surface area contributed by atoms with E-state index < -0.39 is 8.32 Å². The summed E-state index contributed by atoms with van der Waals surface area (Å²) in [5.41, 5.74) is 0. The van der Waals surface area contributed by atoms with Crippen molar-refractivity contribution in [2.75, 3.05) is 0 Å². The highest BCUT2D eigenvalue weighted by Gasteiger charge is 2.52. The molecule has 1 fully saturated rings. The maximum Gasteiger partial charge on any atom is 0.261 e. The molecule has 26 heavy (non-hydrogen) atoms. The van der Waals surface area contributed by atoms with Crippen LogP contribution in [-0.4, -0.2) is 25.6 Å². The van der Waals surface area contributed by atoms with E-state index >= 15 is 0 Å². The summed E-state index contributed by atoms with van der Waals surface area (Å²) < 4.78 is 7.16. The van der Waals surface area contributed by atoms with Gasteiger partial charge in [0.1, 0.15) is 0 Å². The fraction of sp³-hybridized carbons (Fsp3) is 0.409. The summed E-state index contributed by atoms with van der Waals surface area (Å²) in [6.07, 6.45) is 3.31. The second-order valence-corrected chi connectivity index (χ2v) is 12.5. The molecule has 0 saturated heterocycles. The summed E-state index contributed by atoms with van der Waals surface area (Å²) in [6, 6.07) is 21.7. The number of rotatable bonds is 5. The largest absolute Gasteiger partial charge is 0.402 e. The lowest BCUT2D eigenvalue weighted by Gasteiger charge is -2.45. The number of nitrogens with zero attached hydrogens (tertiary/aromatic N) is 1. The first-order chi connectivity index (χ1) is 12.5. The predicted octanol–water partition coefficient (Wildman–Crippen LogP) is 4.59. The first-order valence-corrected chi connectivity index (χ1v) is 11.7. The van der Waals surface area contributed by atoms with Crippen LogP contribution in [0.1, 0.15) is 40.0 Å². The second kappa shape index (κ2) is 7.97. The Balaban J connectivity index is 2.16. The summed E-state index contributed by atoms with van der Waals surface area (Å²) in [5, 5.41) is 5.21. The summed E-state index contributed by atoms with van der Waals surface area (Å²) in [7, 11) is -2.51. The zero-order valence-electron chi connectivity index (χ0n) is 15.8. The third-order valence-corrected chi connectivity index (χ3v) is 10.5. The van der Waals surface area contributed by atoms with Gasteiger partial charge < -0.3 is 4.43 Å². The Labute approximate surface area is 163 Å². The molecule has 0 N–H and O–H groups in total. The van der Waals surface area contributed by atoms with Gasteiger partial charge in [0.05, 0.1) is 17.3 Å². The minimum absolute atomic E-state index is 0.00968. The van der Waals surface area contributed by atoms with Crippen LogP contribution in [0.4, 0.5) is 0 Å². The highest BCUT2D eigenvalue weighted by molar-refractivity contribution is 7.78. The van der Waals surface area contributed by atoms with Crippen LogP contribution in [0.25, 0.3) is 0 Å². The maximum atomic E-state index is 7.16. The molecule has 2 atom stereocenters. The zero-order valence-corrected chi connectivity index (χ0v) is 17.6. The van der Waals surface area contributed by atoms with Crippen molar-refractivity contribution in [3.8, 4) is 0 Å². The monoisotopic (exact) mass is 381 g/mol. The van der Waals surface area contributed by atoms with Crippen molar-refractivity contribution < 1.29 is 4.43 Å². The first kappa shape index (κ1) is 19.2. The van der Waals surface area contributed by atoms with Gasteiger partial charge in [0.15, 0.2) is 0 Å². The highest BCUT2D eigenvalue weighted by Crippen LogP contribution is 2.40. The Hall–Kier alpha value is -1.58. The maximum absolute atomic E-state index is 7.16. The fourth-order valence-corrected chi connectivity index (χ4v) is 9.06. The molecule has 4 heteroatoms. The predicted molar refractivity (Wildman–Crippen MR) is 115 cm³/mol. The van der Waals surface area contributed by atoms with E-state index in [9.17, 15) is 0 Å². The van der Waals surface area contributed by atoms with E-state index in [1.807, 2.05) is 0 Å². The van der Waals surface area contributed by atoms with Gasteiger partial charge in [0.2, 0.25) is 0 Å². The molecule has 2 aromatic rings. The minimum atomic E-state index is -2.51. The van der Waals surface area contributed by atoms with Gasteiger partial charge in [-0.25, -0.2) is 4.99 Å². The van der Waals surface area contributed by atoms with Crippen LogP contribution < -0.4 is 10.4 Å². The number of hydrogen-bond acceptors (Lipinski definition) is 3. The van der Waals surface area contributed by atoms with Crippen molar-refractivity contribution >= 4 is 36.1 Å². The Morgan fingerprint density at radius 2 is 1.50 bits per heavy atom. The van der Waals surface area contributed by atoms with E-state index in [-0.39, 0.29) is 17.2 Å². The Morgan fingerprint density at radius 1 is 0.962 bits per heavy atom. The Morgan fingerprint density at radius 3 is 1.96 bits per heavy atom. The van der Waals surface area contributed by atoms with Crippen LogP contribution >= 0.6 is 12.2 Å². The van der Waals surface area contributed by atoms with Crippen LogP contribution in [-0.2, 0) is 4.43 Å². The van der Waals surface area contributed by atoms with Gasteiger partial charge in [-0.15, -0.1) is 0 Å². The molecule has 2 aromatic carbocycles. The lowest BCUT2D eigenvalue weighted by atomic mass is 10.2. The molecule has 0 unspecified atom stereocenters. The number of isothiocyanates is 1. The van der Waals surface area contributed by atoms with E-state index in [1.165, 1.54) is 10.4 Å². The smallest absolute Gasteiger partial charge is 0.261 e. The van der Waals surface area contributed by atoms with E-state index in [0.29, 0.717) is 0 Å². The fourth-order valence-electron chi connectivity index (χ4n) is 4.18. The third kappa shape index (κ3) is 3.60. The molecule has 136 valence electrons. The topological polar surface area (TPSA) is 21.6 Å². The number of hydrogen-bond donors (Lipinski definition) is 0. The third-order valence-electron chi connectivity index (χ3n) is 5.38. The van der Waals surface area contributed by atoms with Crippen LogP contribution in [0.15, 0.2) is 65.7 Å². The molecule has 1 aliphatic carbocycles. The molecule has 0 aromatic heterocycles. The van der Waals surface area contributed by atoms with Crippen LogP contribution in [0, 0.1) is 0 Å². The summed E-state index contributed by atoms with van der Waals surface area (Å²) in [6.45, 7) is 6.93. The lowest BCUT2D eigenvalue weighted by molar-refractivity contribution is 0.179. The second-order valence-electron chi connectivity index (χ2n) is 8.04. The Kier molecular flexibility index (Phi) is 5.88. The van der Waals surface area contributed by atoms with Crippen molar-refractivity contribution in [1.29, 1.82) is 0 Å². The van der Waals surface area contributed by atoms with Gasteiger partial charge in [-0.3, -0.25) is 0 Å². The van der Waals surface area contributed by atoms with Crippen LogP contribution in [0.5, 0.6) is 0 Å². The molecule has 0 amide bonds. The van der Waals surface area contributed by atoms with Crippen molar-refractivity contribution in [3.63, 3.8) is 0 Å². The number of thiocarbonyl (C=S) groups is 1. The average Bonchev–Trinajstić information content (AvgIpc) is 3.07. The van der Waals surface area contributed by atoms with E-state index in [4.69, 9.17) is 16.6 Å². The van der Waals surface area contributed by atoms with E-state index in [0.717, 1.165) is 19.3 Å². The van der Waals surface area contributed by atoms with Crippen molar-refractivity contribution in [2.45, 2.75) is 57.2 Å². The van der Waals surface area contributed by atoms with E-state index in [2.05, 4.69) is 91.6 Å². The van der Waals surface area contributed by atoms with E-state index in [1.54, 1.807) is 0 Å². The number of benzene rings is 2. The number of aliphatic imine (C=N–C) groups is 1. The molecule has 0 bridgehead atoms. The summed E-state index contributed by atoms with van der Waals surface area (Å²) in [4.78, 5) is 4.42. The standard InChI is InChI=1S/C22H27NOSSi/c1-22(2,3)26(18-11-6-4-7-12-18,19-13-8-5-9-14-19)24-21-16-10-15-20(21)23-17-25/h4-9,11-14,20-21H,10,15-16H2,1-3H3/t20-,21+/m1/s1. The molecule has 1 aliphatic rings. The lowest BCUT2D eigenvalue weighted by Crippen LogP contribution is -2.68. The average molecular weight is 382 g/mol. The quantitative estimate of drug-likeness (QED) is 0.429. The van der Waals surface area contributed by atoms with Gasteiger partial charge >= 0.3 is 0 Å². The van der Waals surface area contributed by atoms with Crippen LogP contribution in [0.2, 0.25) is 5.04 Å². The van der Waals surface area contributed by atoms with Crippen LogP contribution in [0.3, 0.4) is 0 Å². The zero-order chi connectivity index (χ0) is 18.6. The molecular formula is C22H27NOSSi. The normalized spacial score (nSPS) is 20.6. The Bertz CT molecular complexity index is 726.